The molecule has 0 spiro atoms. The van der Waals surface area contributed by atoms with Crippen LogP contribution in [0.1, 0.15) is 11.1 Å². The first-order valence-corrected chi connectivity index (χ1v) is 9.58. The van der Waals surface area contributed by atoms with Crippen molar-refractivity contribution in [1.82, 2.24) is 10.2 Å². The van der Waals surface area contributed by atoms with Gasteiger partial charge in [0.15, 0.2) is 6.61 Å². The standard InChI is InChI=1S/C20H22Cl2N2O3/c21-17-5-6-19(18(22)11-17)27-14-20(25)23-12-15-1-3-16(4-2-15)13-24-7-9-26-10-8-24/h1-6,11H,7-10,12-14H2,(H,23,25). The molecule has 1 N–H and O–H groups in total. The van der Waals surface area contributed by atoms with Crippen molar-refractivity contribution in [3.63, 3.8) is 0 Å². The molecule has 1 aliphatic heterocycles. The molecule has 0 aliphatic carbocycles. The van der Waals surface area contributed by atoms with Crippen molar-refractivity contribution < 1.29 is 14.3 Å². The van der Waals surface area contributed by atoms with Crippen LogP contribution >= 0.6 is 23.2 Å². The average molecular weight is 409 g/mol. The number of halogens is 2. The van der Waals surface area contributed by atoms with Crippen LogP contribution in [0.3, 0.4) is 0 Å². The van der Waals surface area contributed by atoms with E-state index in [0.29, 0.717) is 22.3 Å². The van der Waals surface area contributed by atoms with Gasteiger partial charge in [-0.1, -0.05) is 47.5 Å². The minimum absolute atomic E-state index is 0.101. The van der Waals surface area contributed by atoms with Gasteiger partial charge in [0.1, 0.15) is 5.75 Å². The van der Waals surface area contributed by atoms with Crippen molar-refractivity contribution in [2.45, 2.75) is 13.1 Å². The molecule has 0 radical (unpaired) electrons. The van der Waals surface area contributed by atoms with Gasteiger partial charge in [-0.15, -0.1) is 0 Å². The normalized spacial score (nSPS) is 14.7. The molecule has 144 valence electrons. The minimum atomic E-state index is -0.210. The molecule has 0 unspecified atom stereocenters. The summed E-state index contributed by atoms with van der Waals surface area (Å²) >= 11 is 11.9. The number of hydrogen-bond donors (Lipinski definition) is 1. The minimum Gasteiger partial charge on any atom is -0.482 e. The summed E-state index contributed by atoms with van der Waals surface area (Å²) in [5.41, 5.74) is 2.30. The van der Waals surface area contributed by atoms with E-state index >= 15 is 0 Å². The highest BCUT2D eigenvalue weighted by Gasteiger charge is 2.11. The zero-order chi connectivity index (χ0) is 19.1. The number of rotatable bonds is 7. The van der Waals surface area contributed by atoms with E-state index in [1.807, 2.05) is 12.1 Å². The summed E-state index contributed by atoms with van der Waals surface area (Å²) in [6, 6.07) is 13.2. The number of morpholine rings is 1. The second-order valence-electron chi connectivity index (χ2n) is 6.35. The van der Waals surface area contributed by atoms with Crippen molar-refractivity contribution in [3.8, 4) is 5.75 Å². The molecule has 0 aromatic heterocycles. The molecule has 1 heterocycles. The number of carbonyl (C=O) groups is 1. The fourth-order valence-electron chi connectivity index (χ4n) is 2.77. The van der Waals surface area contributed by atoms with E-state index in [9.17, 15) is 4.79 Å². The molecule has 2 aromatic rings. The van der Waals surface area contributed by atoms with E-state index in [4.69, 9.17) is 32.7 Å². The lowest BCUT2D eigenvalue weighted by atomic mass is 10.1. The lowest BCUT2D eigenvalue weighted by molar-refractivity contribution is -0.123. The number of amides is 1. The number of benzene rings is 2. The molecule has 2 aromatic carbocycles. The Kier molecular flexibility index (Phi) is 7.35. The van der Waals surface area contributed by atoms with Gasteiger partial charge in [-0.3, -0.25) is 9.69 Å². The number of carbonyl (C=O) groups excluding carboxylic acids is 1. The van der Waals surface area contributed by atoms with Gasteiger partial charge in [-0.05, 0) is 29.3 Å². The summed E-state index contributed by atoms with van der Waals surface area (Å²) < 4.78 is 10.8. The summed E-state index contributed by atoms with van der Waals surface area (Å²) in [5.74, 6) is 0.224. The summed E-state index contributed by atoms with van der Waals surface area (Å²) in [6.45, 7) is 4.81. The van der Waals surface area contributed by atoms with Crippen LogP contribution in [0.25, 0.3) is 0 Å². The van der Waals surface area contributed by atoms with Gasteiger partial charge in [0, 0.05) is 31.2 Å². The first kappa shape index (κ1) is 20.0. The van der Waals surface area contributed by atoms with Crippen molar-refractivity contribution in [3.05, 3.63) is 63.6 Å². The molecule has 27 heavy (non-hydrogen) atoms. The summed E-state index contributed by atoms with van der Waals surface area (Å²) in [5, 5.41) is 3.74. The number of nitrogens with one attached hydrogen (secondary N) is 1. The van der Waals surface area contributed by atoms with E-state index in [-0.39, 0.29) is 12.5 Å². The van der Waals surface area contributed by atoms with Crippen molar-refractivity contribution in [1.29, 1.82) is 0 Å². The predicted molar refractivity (Wildman–Crippen MR) is 106 cm³/mol. The van der Waals surface area contributed by atoms with Crippen molar-refractivity contribution in [2.75, 3.05) is 32.9 Å². The average Bonchev–Trinajstić information content (AvgIpc) is 2.67. The molecule has 0 bridgehead atoms. The second kappa shape index (κ2) is 9.95. The number of hydrogen-bond acceptors (Lipinski definition) is 4. The first-order valence-electron chi connectivity index (χ1n) is 8.82. The summed E-state index contributed by atoms with van der Waals surface area (Å²) in [7, 11) is 0. The van der Waals surface area contributed by atoms with Crippen LogP contribution in [0.5, 0.6) is 5.75 Å². The van der Waals surface area contributed by atoms with Crippen LogP contribution in [-0.2, 0) is 22.6 Å². The van der Waals surface area contributed by atoms with Crippen molar-refractivity contribution in [2.24, 2.45) is 0 Å². The number of ether oxygens (including phenoxy) is 2. The van der Waals surface area contributed by atoms with E-state index < -0.39 is 0 Å². The van der Waals surface area contributed by atoms with Gasteiger partial charge >= 0.3 is 0 Å². The van der Waals surface area contributed by atoms with E-state index in [1.165, 1.54) is 5.56 Å². The molecule has 1 fully saturated rings. The SMILES string of the molecule is O=C(COc1ccc(Cl)cc1Cl)NCc1ccc(CN2CCOCC2)cc1. The molecule has 1 amide bonds. The lowest BCUT2D eigenvalue weighted by Gasteiger charge is -2.26. The molecule has 0 saturated carbocycles. The highest BCUT2D eigenvalue weighted by molar-refractivity contribution is 6.35. The van der Waals surface area contributed by atoms with E-state index in [0.717, 1.165) is 38.4 Å². The van der Waals surface area contributed by atoms with Crippen LogP contribution in [0.2, 0.25) is 10.0 Å². The fourth-order valence-corrected chi connectivity index (χ4v) is 3.23. The fraction of sp³-hybridized carbons (Fsp3) is 0.350. The Morgan fingerprint density at radius 1 is 1.07 bits per heavy atom. The predicted octanol–water partition coefficient (Wildman–Crippen LogP) is 3.52. The van der Waals surface area contributed by atoms with Crippen LogP contribution in [0.4, 0.5) is 0 Å². The van der Waals surface area contributed by atoms with Gasteiger partial charge in [0.25, 0.3) is 5.91 Å². The largest absolute Gasteiger partial charge is 0.482 e. The maximum atomic E-state index is 12.0. The Bertz CT molecular complexity index is 762. The zero-order valence-corrected chi connectivity index (χ0v) is 16.4. The van der Waals surface area contributed by atoms with E-state index in [2.05, 4.69) is 22.3 Å². The molecule has 1 aliphatic rings. The Morgan fingerprint density at radius 3 is 2.48 bits per heavy atom. The maximum absolute atomic E-state index is 12.0. The second-order valence-corrected chi connectivity index (χ2v) is 7.19. The maximum Gasteiger partial charge on any atom is 0.258 e. The zero-order valence-electron chi connectivity index (χ0n) is 14.9. The Labute approximate surface area is 169 Å². The number of nitrogens with zero attached hydrogens (tertiary/aromatic N) is 1. The topological polar surface area (TPSA) is 50.8 Å². The third-order valence-corrected chi connectivity index (χ3v) is 4.81. The smallest absolute Gasteiger partial charge is 0.258 e. The quantitative estimate of drug-likeness (QED) is 0.761. The molecule has 1 saturated heterocycles. The van der Waals surface area contributed by atoms with Gasteiger partial charge in [-0.2, -0.15) is 0 Å². The van der Waals surface area contributed by atoms with Crippen LogP contribution in [0.15, 0.2) is 42.5 Å². The van der Waals surface area contributed by atoms with Gasteiger partial charge in [0.05, 0.1) is 18.2 Å². The van der Waals surface area contributed by atoms with Crippen LogP contribution < -0.4 is 10.1 Å². The molecular formula is C20H22Cl2N2O3. The molecule has 5 nitrogen and oxygen atoms in total. The lowest BCUT2D eigenvalue weighted by Crippen LogP contribution is -2.35. The molecule has 0 atom stereocenters. The monoisotopic (exact) mass is 408 g/mol. The van der Waals surface area contributed by atoms with Gasteiger partial charge in [0.2, 0.25) is 0 Å². The van der Waals surface area contributed by atoms with Gasteiger partial charge < -0.3 is 14.8 Å². The highest BCUT2D eigenvalue weighted by Crippen LogP contribution is 2.27. The Morgan fingerprint density at radius 2 is 1.78 bits per heavy atom. The van der Waals surface area contributed by atoms with Gasteiger partial charge in [-0.25, -0.2) is 0 Å². The molecular weight excluding hydrogens is 387 g/mol. The third kappa shape index (κ3) is 6.40. The van der Waals surface area contributed by atoms with Crippen LogP contribution in [-0.4, -0.2) is 43.7 Å². The highest BCUT2D eigenvalue weighted by atomic mass is 35.5. The Balaban J connectivity index is 1.41. The van der Waals surface area contributed by atoms with Crippen LogP contribution in [0, 0.1) is 0 Å². The summed E-state index contributed by atoms with van der Waals surface area (Å²) in [6.07, 6.45) is 0. The van der Waals surface area contributed by atoms with E-state index in [1.54, 1.807) is 18.2 Å². The summed E-state index contributed by atoms with van der Waals surface area (Å²) in [4.78, 5) is 14.3. The molecule has 7 heteroatoms. The molecule has 3 rings (SSSR count). The Hall–Kier alpha value is -1.79. The first-order chi connectivity index (χ1) is 13.1. The third-order valence-electron chi connectivity index (χ3n) is 4.28. The van der Waals surface area contributed by atoms with Crippen molar-refractivity contribution >= 4 is 29.1 Å².